The molecule has 2 saturated heterocycles. The van der Waals surface area contributed by atoms with E-state index in [-0.39, 0.29) is 11.8 Å². The summed E-state index contributed by atoms with van der Waals surface area (Å²) in [5.41, 5.74) is 0. The topological polar surface area (TPSA) is 70.5 Å². The van der Waals surface area contributed by atoms with Crippen molar-refractivity contribution in [3.8, 4) is 0 Å². The van der Waals surface area contributed by atoms with Crippen LogP contribution >= 0.6 is 0 Å². The molecule has 3 rings (SSSR count). The molecule has 0 spiro atoms. The second-order valence-electron chi connectivity index (χ2n) is 6.42. The molecule has 2 aliphatic rings. The molecule has 0 unspecified atom stereocenters. The SMILES string of the molecule is CNCCN1C(=O)CC[C@H]2CN(C(=O)Cn3ccnc3)CC[C@H]21. The van der Waals surface area contributed by atoms with Crippen molar-refractivity contribution in [2.75, 3.05) is 33.2 Å². The Morgan fingerprint density at radius 1 is 1.43 bits per heavy atom. The first kappa shape index (κ1) is 16.0. The predicted octanol–water partition coefficient (Wildman–Crippen LogP) is -0.0580. The van der Waals surface area contributed by atoms with Crippen molar-refractivity contribution in [1.82, 2.24) is 24.7 Å². The summed E-state index contributed by atoms with van der Waals surface area (Å²) in [6.07, 6.45) is 7.55. The molecule has 1 N–H and O–H groups in total. The maximum absolute atomic E-state index is 12.4. The van der Waals surface area contributed by atoms with Crippen LogP contribution in [0, 0.1) is 5.92 Å². The lowest BCUT2D eigenvalue weighted by Crippen LogP contribution is -2.58. The number of piperidine rings is 2. The van der Waals surface area contributed by atoms with E-state index in [1.54, 1.807) is 17.1 Å². The van der Waals surface area contributed by atoms with Crippen molar-refractivity contribution in [2.24, 2.45) is 5.92 Å². The van der Waals surface area contributed by atoms with Crippen LogP contribution in [0.2, 0.25) is 0 Å². The van der Waals surface area contributed by atoms with E-state index >= 15 is 0 Å². The fourth-order valence-electron chi connectivity index (χ4n) is 3.74. The predicted molar refractivity (Wildman–Crippen MR) is 85.6 cm³/mol. The van der Waals surface area contributed by atoms with Crippen LogP contribution in [0.1, 0.15) is 19.3 Å². The third kappa shape index (κ3) is 3.55. The van der Waals surface area contributed by atoms with E-state index in [0.717, 1.165) is 39.0 Å². The Bertz CT molecular complexity index is 545. The zero-order chi connectivity index (χ0) is 16.2. The smallest absolute Gasteiger partial charge is 0.242 e. The van der Waals surface area contributed by atoms with Gasteiger partial charge in [0.1, 0.15) is 6.54 Å². The minimum absolute atomic E-state index is 0.139. The Labute approximate surface area is 136 Å². The molecule has 1 aromatic heterocycles. The second-order valence-corrected chi connectivity index (χ2v) is 6.42. The zero-order valence-corrected chi connectivity index (χ0v) is 13.6. The van der Waals surface area contributed by atoms with Crippen LogP contribution in [-0.4, -0.2) is 70.4 Å². The van der Waals surface area contributed by atoms with Gasteiger partial charge in [-0.25, -0.2) is 4.98 Å². The molecule has 7 nitrogen and oxygen atoms in total. The largest absolute Gasteiger partial charge is 0.341 e. The summed E-state index contributed by atoms with van der Waals surface area (Å²) in [7, 11) is 1.91. The first-order valence-corrected chi connectivity index (χ1v) is 8.36. The van der Waals surface area contributed by atoms with Crippen LogP contribution in [0.25, 0.3) is 0 Å². The Balaban J connectivity index is 1.60. The third-order valence-corrected chi connectivity index (χ3v) is 4.98. The summed E-state index contributed by atoms with van der Waals surface area (Å²) in [5.74, 6) is 0.810. The summed E-state index contributed by atoms with van der Waals surface area (Å²) in [5, 5.41) is 3.12. The monoisotopic (exact) mass is 319 g/mol. The summed E-state index contributed by atoms with van der Waals surface area (Å²) in [4.78, 5) is 32.6. The number of aromatic nitrogens is 2. The number of amides is 2. The second kappa shape index (κ2) is 7.12. The Kier molecular flexibility index (Phi) is 4.95. The quantitative estimate of drug-likeness (QED) is 0.825. The molecule has 3 heterocycles. The Morgan fingerprint density at radius 2 is 2.30 bits per heavy atom. The van der Waals surface area contributed by atoms with Gasteiger partial charge < -0.3 is 19.7 Å². The highest BCUT2D eigenvalue weighted by Gasteiger charge is 2.39. The number of fused-ring (bicyclic) bond motifs is 1. The molecule has 0 radical (unpaired) electrons. The fourth-order valence-corrected chi connectivity index (χ4v) is 3.74. The average molecular weight is 319 g/mol. The summed E-state index contributed by atoms with van der Waals surface area (Å²) in [6, 6.07) is 0.293. The normalized spacial score (nSPS) is 24.7. The molecule has 0 aliphatic carbocycles. The van der Waals surface area contributed by atoms with Gasteiger partial charge in [-0.1, -0.05) is 0 Å². The van der Waals surface area contributed by atoms with E-state index in [0.29, 0.717) is 24.9 Å². The van der Waals surface area contributed by atoms with Gasteiger partial charge in [0.05, 0.1) is 6.33 Å². The van der Waals surface area contributed by atoms with E-state index < -0.39 is 0 Å². The number of carbonyl (C=O) groups excluding carboxylic acids is 2. The van der Waals surface area contributed by atoms with Crippen LogP contribution < -0.4 is 5.32 Å². The molecular formula is C16H25N5O2. The highest BCUT2D eigenvalue weighted by Crippen LogP contribution is 2.31. The number of hydrogen-bond donors (Lipinski definition) is 1. The van der Waals surface area contributed by atoms with E-state index in [4.69, 9.17) is 0 Å². The van der Waals surface area contributed by atoms with Crippen molar-refractivity contribution >= 4 is 11.8 Å². The summed E-state index contributed by atoms with van der Waals surface area (Å²) < 4.78 is 1.80. The van der Waals surface area contributed by atoms with Crippen LogP contribution in [0.15, 0.2) is 18.7 Å². The maximum atomic E-state index is 12.4. The van der Waals surface area contributed by atoms with Crippen molar-refractivity contribution in [3.63, 3.8) is 0 Å². The number of nitrogens with zero attached hydrogens (tertiary/aromatic N) is 4. The van der Waals surface area contributed by atoms with E-state index in [9.17, 15) is 9.59 Å². The first-order chi connectivity index (χ1) is 11.2. The van der Waals surface area contributed by atoms with Gasteiger partial charge in [-0.05, 0) is 25.8 Å². The molecule has 7 heteroatoms. The lowest BCUT2D eigenvalue weighted by Gasteiger charge is -2.47. The molecular weight excluding hydrogens is 294 g/mol. The van der Waals surface area contributed by atoms with Crippen molar-refractivity contribution in [2.45, 2.75) is 31.8 Å². The van der Waals surface area contributed by atoms with Gasteiger partial charge in [-0.3, -0.25) is 9.59 Å². The Hall–Kier alpha value is -1.89. The molecule has 23 heavy (non-hydrogen) atoms. The molecule has 2 aliphatic heterocycles. The molecule has 2 fully saturated rings. The van der Waals surface area contributed by atoms with E-state index in [2.05, 4.69) is 10.3 Å². The van der Waals surface area contributed by atoms with Gasteiger partial charge in [0.25, 0.3) is 0 Å². The van der Waals surface area contributed by atoms with E-state index in [1.165, 1.54) is 0 Å². The number of rotatable bonds is 5. The fraction of sp³-hybridized carbons (Fsp3) is 0.688. The minimum atomic E-state index is 0.139. The van der Waals surface area contributed by atoms with Crippen molar-refractivity contribution in [1.29, 1.82) is 0 Å². The van der Waals surface area contributed by atoms with Crippen LogP contribution in [-0.2, 0) is 16.1 Å². The minimum Gasteiger partial charge on any atom is -0.341 e. The molecule has 0 bridgehead atoms. The third-order valence-electron chi connectivity index (χ3n) is 4.98. The van der Waals surface area contributed by atoms with E-state index in [1.807, 2.05) is 23.0 Å². The molecule has 126 valence electrons. The van der Waals surface area contributed by atoms with Crippen LogP contribution in [0.3, 0.4) is 0 Å². The van der Waals surface area contributed by atoms with Gasteiger partial charge in [-0.2, -0.15) is 0 Å². The number of imidazole rings is 1. The first-order valence-electron chi connectivity index (χ1n) is 8.36. The lowest BCUT2D eigenvalue weighted by atomic mass is 9.83. The number of likely N-dealkylation sites (N-methyl/N-ethyl adjacent to an activating group) is 1. The molecule has 1 aromatic rings. The summed E-state index contributed by atoms with van der Waals surface area (Å²) in [6.45, 7) is 3.43. The zero-order valence-electron chi connectivity index (χ0n) is 13.6. The summed E-state index contributed by atoms with van der Waals surface area (Å²) >= 11 is 0. The number of carbonyl (C=O) groups is 2. The molecule has 0 saturated carbocycles. The van der Waals surface area contributed by atoms with Crippen molar-refractivity contribution in [3.05, 3.63) is 18.7 Å². The van der Waals surface area contributed by atoms with Gasteiger partial charge >= 0.3 is 0 Å². The van der Waals surface area contributed by atoms with Crippen LogP contribution in [0.4, 0.5) is 0 Å². The van der Waals surface area contributed by atoms with Gasteiger partial charge in [0.2, 0.25) is 11.8 Å². The lowest BCUT2D eigenvalue weighted by molar-refractivity contribution is -0.144. The van der Waals surface area contributed by atoms with Crippen molar-refractivity contribution < 1.29 is 9.59 Å². The highest BCUT2D eigenvalue weighted by atomic mass is 16.2. The molecule has 0 aromatic carbocycles. The maximum Gasteiger partial charge on any atom is 0.242 e. The van der Waals surface area contributed by atoms with Crippen LogP contribution in [0.5, 0.6) is 0 Å². The highest BCUT2D eigenvalue weighted by molar-refractivity contribution is 5.78. The number of nitrogens with one attached hydrogen (secondary N) is 1. The standard InChI is InChI=1S/C16H25N5O2/c1-17-5-9-21-14-4-7-20(10-13(14)2-3-15(21)22)16(23)11-19-8-6-18-12-19/h6,8,12-14,17H,2-5,7,9-11H2,1H3/t13-,14+/m0/s1. The van der Waals surface area contributed by atoms with Gasteiger partial charge in [-0.15, -0.1) is 0 Å². The molecule has 2 atom stereocenters. The Morgan fingerprint density at radius 3 is 3.04 bits per heavy atom. The number of hydrogen-bond acceptors (Lipinski definition) is 4. The number of likely N-dealkylation sites (tertiary alicyclic amines) is 2. The molecule has 2 amide bonds. The van der Waals surface area contributed by atoms with Gasteiger partial charge in [0, 0.05) is 51.0 Å². The average Bonchev–Trinajstić information content (AvgIpc) is 3.06. The van der Waals surface area contributed by atoms with Gasteiger partial charge in [0.15, 0.2) is 0 Å².